The van der Waals surface area contributed by atoms with Gasteiger partial charge in [-0.15, -0.1) is 0 Å². The van der Waals surface area contributed by atoms with Gasteiger partial charge in [-0.25, -0.2) is 0 Å². The largest absolute Gasteiger partial charge is 0.350 e. The molecule has 2 aromatic heterocycles. The molecule has 0 aromatic carbocycles. The predicted octanol–water partition coefficient (Wildman–Crippen LogP) is 0.930. The van der Waals surface area contributed by atoms with Crippen LogP contribution >= 0.6 is 0 Å². The highest BCUT2D eigenvalue weighted by atomic mass is 16.1. The zero-order valence-electron chi connectivity index (χ0n) is 10.6. The van der Waals surface area contributed by atoms with Crippen molar-refractivity contribution < 1.29 is 4.79 Å². The molecule has 6 heteroatoms. The van der Waals surface area contributed by atoms with Crippen LogP contribution < -0.4 is 5.32 Å². The van der Waals surface area contributed by atoms with Gasteiger partial charge in [0.05, 0.1) is 17.9 Å². The second-order valence-electron chi connectivity index (χ2n) is 4.26. The highest BCUT2D eigenvalue weighted by molar-refractivity contribution is 5.75. The van der Waals surface area contributed by atoms with Gasteiger partial charge in [0.15, 0.2) is 0 Å². The Morgan fingerprint density at radius 2 is 2.33 bits per heavy atom. The van der Waals surface area contributed by atoms with Gasteiger partial charge in [-0.3, -0.25) is 14.6 Å². The zero-order chi connectivity index (χ0) is 13.0. The monoisotopic (exact) mass is 247 g/mol. The van der Waals surface area contributed by atoms with E-state index in [9.17, 15) is 4.79 Å². The number of aryl methyl sites for hydroxylation is 3. The molecule has 96 valence electrons. The van der Waals surface area contributed by atoms with Crippen LogP contribution in [0.15, 0.2) is 18.3 Å². The Labute approximate surface area is 105 Å². The maximum absolute atomic E-state index is 11.6. The van der Waals surface area contributed by atoms with Gasteiger partial charge >= 0.3 is 0 Å². The fourth-order valence-electron chi connectivity index (χ4n) is 1.77. The highest BCUT2D eigenvalue weighted by Gasteiger charge is 2.05. The topological polar surface area (TPSA) is 75.6 Å². The van der Waals surface area contributed by atoms with Crippen molar-refractivity contribution in [2.45, 2.75) is 33.4 Å². The predicted molar refractivity (Wildman–Crippen MR) is 66.8 cm³/mol. The number of hydrogen-bond acceptors (Lipinski definition) is 3. The standard InChI is InChI=1S/C12H17N5O/c1-9-7-10(2)17(16-9)6-4-12(18)13-8-11-3-5-14-15-11/h3,5,7H,4,6,8H2,1-2H3,(H,13,18)(H,14,15). The molecule has 2 heterocycles. The summed E-state index contributed by atoms with van der Waals surface area (Å²) in [6.07, 6.45) is 2.09. The minimum Gasteiger partial charge on any atom is -0.350 e. The van der Waals surface area contributed by atoms with Crippen LogP contribution in [0.5, 0.6) is 0 Å². The molecule has 2 rings (SSSR count). The molecule has 0 aliphatic heterocycles. The normalized spacial score (nSPS) is 10.6. The maximum atomic E-state index is 11.6. The van der Waals surface area contributed by atoms with E-state index in [0.29, 0.717) is 19.5 Å². The van der Waals surface area contributed by atoms with E-state index < -0.39 is 0 Å². The number of aromatic amines is 1. The summed E-state index contributed by atoms with van der Waals surface area (Å²) >= 11 is 0. The van der Waals surface area contributed by atoms with Crippen molar-refractivity contribution in [2.75, 3.05) is 0 Å². The van der Waals surface area contributed by atoms with E-state index in [-0.39, 0.29) is 5.91 Å². The van der Waals surface area contributed by atoms with Gasteiger partial charge in [0.2, 0.25) is 5.91 Å². The number of rotatable bonds is 5. The molecule has 0 saturated carbocycles. The number of H-pyrrole nitrogens is 1. The second kappa shape index (κ2) is 5.48. The number of carbonyl (C=O) groups is 1. The lowest BCUT2D eigenvalue weighted by molar-refractivity contribution is -0.121. The summed E-state index contributed by atoms with van der Waals surface area (Å²) in [5.41, 5.74) is 2.95. The lowest BCUT2D eigenvalue weighted by Crippen LogP contribution is -2.24. The van der Waals surface area contributed by atoms with Gasteiger partial charge < -0.3 is 5.32 Å². The first-order valence-corrected chi connectivity index (χ1v) is 5.91. The van der Waals surface area contributed by atoms with Crippen molar-refractivity contribution in [3.8, 4) is 0 Å². The van der Waals surface area contributed by atoms with Gasteiger partial charge in [-0.2, -0.15) is 10.2 Å². The van der Waals surface area contributed by atoms with E-state index in [1.807, 2.05) is 30.7 Å². The van der Waals surface area contributed by atoms with Gasteiger partial charge in [-0.1, -0.05) is 0 Å². The zero-order valence-corrected chi connectivity index (χ0v) is 10.6. The lowest BCUT2D eigenvalue weighted by Gasteiger charge is -2.05. The molecule has 0 atom stereocenters. The van der Waals surface area contributed by atoms with Crippen LogP contribution in [0.25, 0.3) is 0 Å². The average Bonchev–Trinajstić information content (AvgIpc) is 2.94. The van der Waals surface area contributed by atoms with Crippen molar-refractivity contribution in [2.24, 2.45) is 0 Å². The fraction of sp³-hybridized carbons (Fsp3) is 0.417. The van der Waals surface area contributed by atoms with Crippen LogP contribution in [0, 0.1) is 13.8 Å². The second-order valence-corrected chi connectivity index (χ2v) is 4.26. The van der Waals surface area contributed by atoms with Crippen molar-refractivity contribution in [3.63, 3.8) is 0 Å². The van der Waals surface area contributed by atoms with Gasteiger partial charge in [0, 0.05) is 24.9 Å². The summed E-state index contributed by atoms with van der Waals surface area (Å²) < 4.78 is 1.85. The molecule has 0 fully saturated rings. The molecule has 0 saturated heterocycles. The molecule has 2 aromatic rings. The quantitative estimate of drug-likeness (QED) is 0.825. The number of aromatic nitrogens is 4. The number of carbonyl (C=O) groups excluding carboxylic acids is 1. The van der Waals surface area contributed by atoms with Crippen molar-refractivity contribution >= 4 is 5.91 Å². The third-order valence-corrected chi connectivity index (χ3v) is 2.69. The van der Waals surface area contributed by atoms with E-state index in [0.717, 1.165) is 17.1 Å². The van der Waals surface area contributed by atoms with E-state index in [2.05, 4.69) is 20.6 Å². The minimum atomic E-state index is 0.0113. The highest BCUT2D eigenvalue weighted by Crippen LogP contribution is 2.02. The Hall–Kier alpha value is -2.11. The van der Waals surface area contributed by atoms with E-state index in [1.165, 1.54) is 0 Å². The summed E-state index contributed by atoms with van der Waals surface area (Å²) in [4.78, 5) is 11.6. The first kappa shape index (κ1) is 12.3. The number of nitrogens with one attached hydrogen (secondary N) is 2. The van der Waals surface area contributed by atoms with Crippen molar-refractivity contribution in [3.05, 3.63) is 35.4 Å². The van der Waals surface area contributed by atoms with Crippen LogP contribution in [0.3, 0.4) is 0 Å². The third-order valence-electron chi connectivity index (χ3n) is 2.69. The first-order valence-electron chi connectivity index (χ1n) is 5.91. The maximum Gasteiger partial charge on any atom is 0.222 e. The number of hydrogen-bond donors (Lipinski definition) is 2. The molecule has 0 spiro atoms. The Morgan fingerprint density at radius 1 is 1.50 bits per heavy atom. The molecular weight excluding hydrogens is 230 g/mol. The Bertz CT molecular complexity index is 515. The molecule has 18 heavy (non-hydrogen) atoms. The molecule has 6 nitrogen and oxygen atoms in total. The molecule has 0 radical (unpaired) electrons. The minimum absolute atomic E-state index is 0.0113. The number of amides is 1. The Balaban J connectivity index is 1.76. The van der Waals surface area contributed by atoms with Crippen molar-refractivity contribution in [1.82, 2.24) is 25.3 Å². The summed E-state index contributed by atoms with van der Waals surface area (Å²) in [5, 5.41) is 13.8. The summed E-state index contributed by atoms with van der Waals surface area (Å²) in [7, 11) is 0. The van der Waals surface area contributed by atoms with Crippen LogP contribution in [-0.4, -0.2) is 25.9 Å². The van der Waals surface area contributed by atoms with E-state index in [4.69, 9.17) is 0 Å². The molecule has 0 unspecified atom stereocenters. The Morgan fingerprint density at radius 3 is 2.94 bits per heavy atom. The van der Waals surface area contributed by atoms with Crippen LogP contribution in [-0.2, 0) is 17.9 Å². The van der Waals surface area contributed by atoms with Crippen LogP contribution in [0.4, 0.5) is 0 Å². The van der Waals surface area contributed by atoms with Gasteiger partial charge in [0.1, 0.15) is 0 Å². The van der Waals surface area contributed by atoms with Crippen LogP contribution in [0.2, 0.25) is 0 Å². The van der Waals surface area contributed by atoms with Crippen LogP contribution in [0.1, 0.15) is 23.5 Å². The molecule has 2 N–H and O–H groups in total. The average molecular weight is 247 g/mol. The molecular formula is C12H17N5O. The summed E-state index contributed by atoms with van der Waals surface area (Å²) in [6, 6.07) is 3.84. The molecule has 0 aliphatic carbocycles. The smallest absolute Gasteiger partial charge is 0.222 e. The lowest BCUT2D eigenvalue weighted by atomic mass is 10.3. The Kier molecular flexibility index (Phi) is 3.76. The summed E-state index contributed by atoms with van der Waals surface area (Å²) in [6.45, 7) is 5.02. The van der Waals surface area contributed by atoms with E-state index in [1.54, 1.807) is 6.20 Å². The molecule has 0 bridgehead atoms. The van der Waals surface area contributed by atoms with Crippen molar-refractivity contribution in [1.29, 1.82) is 0 Å². The third kappa shape index (κ3) is 3.19. The first-order chi connectivity index (χ1) is 8.65. The molecule has 1 amide bonds. The van der Waals surface area contributed by atoms with E-state index >= 15 is 0 Å². The molecule has 0 aliphatic rings. The fourth-order valence-corrected chi connectivity index (χ4v) is 1.77. The summed E-state index contributed by atoms with van der Waals surface area (Å²) in [5.74, 6) is 0.0113. The van der Waals surface area contributed by atoms with Gasteiger partial charge in [-0.05, 0) is 26.0 Å². The SMILES string of the molecule is Cc1cc(C)n(CCC(=O)NCc2ccn[nH]2)n1. The van der Waals surface area contributed by atoms with Gasteiger partial charge in [0.25, 0.3) is 0 Å². The number of nitrogens with zero attached hydrogens (tertiary/aromatic N) is 3.